The molecule has 1 atom stereocenters. The molecular weight excluding hydrogens is 318 g/mol. The fourth-order valence-corrected chi connectivity index (χ4v) is 3.39. The van der Waals surface area contributed by atoms with Crippen molar-refractivity contribution < 1.29 is 9.47 Å². The molecule has 112 valence electrons. The molecule has 0 bridgehead atoms. The number of hydrogen-bond donors (Lipinski definition) is 1. The third-order valence-electron chi connectivity index (χ3n) is 4.27. The van der Waals surface area contributed by atoms with Gasteiger partial charge in [-0.15, -0.1) is 0 Å². The zero-order valence-corrected chi connectivity index (χ0v) is 14.1. The first-order valence-corrected chi connectivity index (χ1v) is 8.08. The van der Waals surface area contributed by atoms with Crippen LogP contribution in [0.25, 0.3) is 0 Å². The molecule has 0 aliphatic heterocycles. The van der Waals surface area contributed by atoms with Gasteiger partial charge < -0.3 is 14.8 Å². The summed E-state index contributed by atoms with van der Waals surface area (Å²) in [6, 6.07) is 4.57. The molecule has 0 spiro atoms. The Balaban J connectivity index is 2.01. The third-order valence-corrected chi connectivity index (χ3v) is 5.01. The Morgan fingerprint density at radius 2 is 1.80 bits per heavy atom. The van der Waals surface area contributed by atoms with Gasteiger partial charge in [0, 0.05) is 17.1 Å². The minimum atomic E-state index is 0.567. The molecule has 4 heteroatoms. The van der Waals surface area contributed by atoms with Gasteiger partial charge in [-0.3, -0.25) is 0 Å². The van der Waals surface area contributed by atoms with Crippen LogP contribution >= 0.6 is 15.9 Å². The van der Waals surface area contributed by atoms with Gasteiger partial charge in [0.05, 0.1) is 14.2 Å². The molecule has 1 aromatic carbocycles. The van der Waals surface area contributed by atoms with Crippen LogP contribution in [0.4, 0.5) is 0 Å². The van der Waals surface area contributed by atoms with Crippen molar-refractivity contribution in [3.63, 3.8) is 0 Å². The van der Waals surface area contributed by atoms with Crippen LogP contribution < -0.4 is 14.8 Å². The van der Waals surface area contributed by atoms with E-state index in [4.69, 9.17) is 9.47 Å². The van der Waals surface area contributed by atoms with Gasteiger partial charge in [0.15, 0.2) is 11.5 Å². The van der Waals surface area contributed by atoms with E-state index in [0.29, 0.717) is 6.04 Å². The zero-order chi connectivity index (χ0) is 14.5. The molecule has 0 heterocycles. The molecule has 1 aromatic rings. The number of rotatable bonds is 6. The quantitative estimate of drug-likeness (QED) is 0.843. The number of nitrogens with one attached hydrogen (secondary N) is 1. The van der Waals surface area contributed by atoms with Gasteiger partial charge in [0.1, 0.15) is 0 Å². The van der Waals surface area contributed by atoms with Crippen molar-refractivity contribution in [2.45, 2.75) is 45.2 Å². The Kier molecular flexibility index (Phi) is 5.73. The van der Waals surface area contributed by atoms with Crippen LogP contribution in [-0.4, -0.2) is 20.3 Å². The lowest BCUT2D eigenvalue weighted by Gasteiger charge is -2.21. The monoisotopic (exact) mass is 341 g/mol. The molecule has 1 aliphatic rings. The molecule has 0 unspecified atom stereocenters. The van der Waals surface area contributed by atoms with Gasteiger partial charge in [-0.25, -0.2) is 0 Å². The molecule has 0 aromatic heterocycles. The van der Waals surface area contributed by atoms with E-state index in [-0.39, 0.29) is 0 Å². The molecule has 3 nitrogen and oxygen atoms in total. The van der Waals surface area contributed by atoms with Crippen molar-refractivity contribution >= 4 is 15.9 Å². The Hall–Kier alpha value is -0.740. The highest BCUT2D eigenvalue weighted by Crippen LogP contribution is 2.33. The summed E-state index contributed by atoms with van der Waals surface area (Å²) in [6.07, 6.45) is 5.50. The van der Waals surface area contributed by atoms with Gasteiger partial charge in [-0.1, -0.05) is 28.8 Å². The second-order valence-corrected chi connectivity index (χ2v) is 6.37. The highest BCUT2D eigenvalue weighted by atomic mass is 79.9. The van der Waals surface area contributed by atoms with Gasteiger partial charge in [0.2, 0.25) is 0 Å². The second kappa shape index (κ2) is 7.32. The summed E-state index contributed by atoms with van der Waals surface area (Å²) in [6.45, 7) is 3.14. The summed E-state index contributed by atoms with van der Waals surface area (Å²) >= 11 is 3.61. The summed E-state index contributed by atoms with van der Waals surface area (Å²) in [5, 5.41) is 3.64. The van der Waals surface area contributed by atoms with Crippen LogP contribution in [0.2, 0.25) is 0 Å². The highest BCUT2D eigenvalue weighted by Gasteiger charge is 2.21. The largest absolute Gasteiger partial charge is 0.493 e. The van der Waals surface area contributed by atoms with Crippen molar-refractivity contribution in [1.82, 2.24) is 5.32 Å². The summed E-state index contributed by atoms with van der Waals surface area (Å²) in [5.41, 5.74) is 1.20. The maximum atomic E-state index is 5.36. The summed E-state index contributed by atoms with van der Waals surface area (Å²) in [7, 11) is 3.33. The minimum Gasteiger partial charge on any atom is -0.493 e. The van der Waals surface area contributed by atoms with Crippen molar-refractivity contribution in [3.05, 3.63) is 22.2 Å². The molecule has 1 N–H and O–H groups in total. The molecular formula is C16H24BrNO2. The standard InChI is InChI=1S/C16H24BrNO2/c1-11(12-6-4-5-7-12)18-10-13-8-15(19-2)16(20-3)9-14(13)17/h8-9,11-12,18H,4-7,10H2,1-3H3/t11-/m1/s1. The fourth-order valence-electron chi connectivity index (χ4n) is 2.93. The van der Waals surface area contributed by atoms with Gasteiger partial charge in [0.25, 0.3) is 0 Å². The van der Waals surface area contributed by atoms with E-state index in [9.17, 15) is 0 Å². The van der Waals surface area contributed by atoms with Gasteiger partial charge >= 0.3 is 0 Å². The van der Waals surface area contributed by atoms with Crippen molar-refractivity contribution in [2.75, 3.05) is 14.2 Å². The third kappa shape index (κ3) is 3.67. The lowest BCUT2D eigenvalue weighted by atomic mass is 9.99. The van der Waals surface area contributed by atoms with Crippen LogP contribution in [0.3, 0.4) is 0 Å². The first kappa shape index (κ1) is 15.6. The second-order valence-electron chi connectivity index (χ2n) is 5.51. The van der Waals surface area contributed by atoms with Crippen LogP contribution in [0.5, 0.6) is 11.5 Å². The Bertz CT molecular complexity index is 444. The first-order valence-electron chi connectivity index (χ1n) is 7.29. The number of benzene rings is 1. The van der Waals surface area contributed by atoms with E-state index in [1.54, 1.807) is 14.2 Å². The average molecular weight is 342 g/mol. The van der Waals surface area contributed by atoms with Crippen LogP contribution in [0.1, 0.15) is 38.2 Å². The molecule has 0 saturated heterocycles. The fraction of sp³-hybridized carbons (Fsp3) is 0.625. The minimum absolute atomic E-state index is 0.567. The number of hydrogen-bond acceptors (Lipinski definition) is 3. The van der Waals surface area contributed by atoms with Crippen LogP contribution in [0.15, 0.2) is 16.6 Å². The van der Waals surface area contributed by atoms with E-state index in [0.717, 1.165) is 28.4 Å². The first-order chi connectivity index (χ1) is 9.65. The summed E-state index contributed by atoms with van der Waals surface area (Å²) < 4.78 is 11.7. The molecule has 2 rings (SSSR count). The van der Waals surface area contributed by atoms with Crippen molar-refractivity contribution in [1.29, 1.82) is 0 Å². The molecule has 1 aliphatic carbocycles. The number of methoxy groups -OCH3 is 2. The van der Waals surface area contributed by atoms with Crippen molar-refractivity contribution in [3.8, 4) is 11.5 Å². The molecule has 0 radical (unpaired) electrons. The summed E-state index contributed by atoms with van der Waals surface area (Å²) in [5.74, 6) is 2.36. The maximum Gasteiger partial charge on any atom is 0.161 e. The Morgan fingerprint density at radius 3 is 2.40 bits per heavy atom. The SMILES string of the molecule is COc1cc(Br)c(CN[C@H](C)C2CCCC2)cc1OC. The Morgan fingerprint density at radius 1 is 1.20 bits per heavy atom. The van der Waals surface area contributed by atoms with Crippen LogP contribution in [-0.2, 0) is 6.54 Å². The molecule has 20 heavy (non-hydrogen) atoms. The maximum absolute atomic E-state index is 5.36. The molecule has 1 saturated carbocycles. The molecule has 1 fully saturated rings. The summed E-state index contributed by atoms with van der Waals surface area (Å²) in [4.78, 5) is 0. The van der Waals surface area contributed by atoms with Gasteiger partial charge in [-0.05, 0) is 43.4 Å². The average Bonchev–Trinajstić information content (AvgIpc) is 2.99. The lowest BCUT2D eigenvalue weighted by Crippen LogP contribution is -2.31. The van der Waals surface area contributed by atoms with E-state index in [2.05, 4.69) is 28.2 Å². The topological polar surface area (TPSA) is 30.5 Å². The van der Waals surface area contributed by atoms with Gasteiger partial charge in [-0.2, -0.15) is 0 Å². The predicted octanol–water partition coefficient (Wildman–Crippen LogP) is 4.13. The van der Waals surface area contributed by atoms with Crippen molar-refractivity contribution in [2.24, 2.45) is 5.92 Å². The Labute approximate surface area is 130 Å². The van der Waals surface area contributed by atoms with E-state index >= 15 is 0 Å². The smallest absolute Gasteiger partial charge is 0.161 e. The van der Waals surface area contributed by atoms with E-state index in [1.165, 1.54) is 31.2 Å². The van der Waals surface area contributed by atoms with E-state index < -0.39 is 0 Å². The highest BCUT2D eigenvalue weighted by molar-refractivity contribution is 9.10. The van der Waals surface area contributed by atoms with Crippen LogP contribution in [0, 0.1) is 5.92 Å². The molecule has 0 amide bonds. The number of halogens is 1. The normalized spacial score (nSPS) is 17.2. The number of ether oxygens (including phenoxy) is 2. The predicted molar refractivity (Wildman–Crippen MR) is 85.5 cm³/mol. The van der Waals surface area contributed by atoms with E-state index in [1.807, 2.05) is 12.1 Å². The lowest BCUT2D eigenvalue weighted by molar-refractivity contribution is 0.353. The zero-order valence-electron chi connectivity index (χ0n) is 12.5.